The normalized spacial score (nSPS) is 14.9. The third kappa shape index (κ3) is 1.85. The Bertz CT molecular complexity index is 403. The number of carbonyl (C=O) groups is 1. The molecule has 0 saturated heterocycles. The van der Waals surface area contributed by atoms with Crippen molar-refractivity contribution in [2.24, 2.45) is 4.99 Å². The number of benzene rings is 1. The number of rotatable bonds is 1. The first-order chi connectivity index (χ1) is 6.75. The number of halogens is 1. The number of hydrogen-bond donors (Lipinski definition) is 2. The van der Waals surface area contributed by atoms with E-state index in [1.165, 1.54) is 0 Å². The summed E-state index contributed by atoms with van der Waals surface area (Å²) in [4.78, 5) is 14.8. The molecule has 4 nitrogen and oxygen atoms in total. The smallest absolute Gasteiger partial charge is 0.248 e. The Hall–Kier alpha value is -1.55. The number of carbonyl (C=O) groups excluding carboxylic acids is 1. The molecular formula is C9H8ClN3O. The van der Waals surface area contributed by atoms with E-state index in [1.807, 2.05) is 18.2 Å². The minimum Gasteiger partial charge on any atom is -0.325 e. The molecule has 0 bridgehead atoms. The molecule has 1 heterocycles. The molecule has 0 spiro atoms. The topological polar surface area (TPSA) is 53.5 Å². The van der Waals surface area contributed by atoms with Gasteiger partial charge in [0.15, 0.2) is 0 Å². The van der Waals surface area contributed by atoms with Gasteiger partial charge in [-0.3, -0.25) is 10.1 Å². The van der Waals surface area contributed by atoms with Crippen molar-refractivity contribution in [1.82, 2.24) is 5.32 Å². The van der Waals surface area contributed by atoms with Crippen molar-refractivity contribution in [1.29, 1.82) is 0 Å². The molecule has 0 fully saturated rings. The van der Waals surface area contributed by atoms with E-state index >= 15 is 0 Å². The van der Waals surface area contributed by atoms with Gasteiger partial charge in [0.05, 0.1) is 10.7 Å². The van der Waals surface area contributed by atoms with E-state index in [2.05, 4.69) is 15.6 Å². The summed E-state index contributed by atoms with van der Waals surface area (Å²) in [6.45, 7) is 0.173. The number of anilines is 1. The Morgan fingerprint density at radius 1 is 1.43 bits per heavy atom. The van der Waals surface area contributed by atoms with E-state index < -0.39 is 0 Å². The molecule has 5 heteroatoms. The van der Waals surface area contributed by atoms with Gasteiger partial charge < -0.3 is 5.32 Å². The Labute approximate surface area is 86.0 Å². The zero-order valence-electron chi connectivity index (χ0n) is 7.25. The molecule has 2 N–H and O–H groups in total. The van der Waals surface area contributed by atoms with Crippen molar-refractivity contribution in [2.75, 3.05) is 11.9 Å². The number of amides is 1. The Balaban J connectivity index is 2.12. The van der Waals surface area contributed by atoms with Gasteiger partial charge in [0.2, 0.25) is 11.9 Å². The molecule has 1 aromatic carbocycles. The lowest BCUT2D eigenvalue weighted by Crippen LogP contribution is -2.30. The van der Waals surface area contributed by atoms with Crippen LogP contribution < -0.4 is 10.6 Å². The minimum atomic E-state index is -0.112. The zero-order valence-corrected chi connectivity index (χ0v) is 8.01. The molecule has 1 aliphatic heterocycles. The average molecular weight is 210 g/mol. The van der Waals surface area contributed by atoms with Crippen LogP contribution in [0.15, 0.2) is 29.3 Å². The van der Waals surface area contributed by atoms with Crippen LogP contribution in [-0.2, 0) is 4.79 Å². The first-order valence-electron chi connectivity index (χ1n) is 4.11. The molecule has 1 aromatic rings. The fraction of sp³-hybridized carbons (Fsp3) is 0.111. The third-order valence-electron chi connectivity index (χ3n) is 1.77. The van der Waals surface area contributed by atoms with Crippen molar-refractivity contribution in [2.45, 2.75) is 0 Å². The number of aliphatic imine (C=N–C) groups is 1. The van der Waals surface area contributed by atoms with Gasteiger partial charge in [0, 0.05) is 0 Å². The summed E-state index contributed by atoms with van der Waals surface area (Å²) >= 11 is 5.91. The highest BCUT2D eigenvalue weighted by Crippen LogP contribution is 2.20. The van der Waals surface area contributed by atoms with Crippen molar-refractivity contribution < 1.29 is 4.79 Å². The second-order valence-electron chi connectivity index (χ2n) is 2.82. The summed E-state index contributed by atoms with van der Waals surface area (Å²) in [5.74, 6) is 0.336. The number of para-hydroxylation sites is 1. The van der Waals surface area contributed by atoms with Gasteiger partial charge in [0.25, 0.3) is 0 Å². The molecule has 72 valence electrons. The van der Waals surface area contributed by atoms with Gasteiger partial charge in [0.1, 0.15) is 6.54 Å². The maximum absolute atomic E-state index is 10.8. The summed E-state index contributed by atoms with van der Waals surface area (Å²) in [7, 11) is 0. The maximum Gasteiger partial charge on any atom is 0.248 e. The molecule has 0 unspecified atom stereocenters. The SMILES string of the molecule is O=C1CN=C(Nc2ccccc2Cl)N1. The summed E-state index contributed by atoms with van der Waals surface area (Å²) in [6.07, 6.45) is 0. The quantitative estimate of drug-likeness (QED) is 0.731. The molecule has 14 heavy (non-hydrogen) atoms. The second-order valence-corrected chi connectivity index (χ2v) is 3.23. The van der Waals surface area contributed by atoms with Crippen LogP contribution in [0.1, 0.15) is 0 Å². The molecule has 0 aromatic heterocycles. The van der Waals surface area contributed by atoms with E-state index in [-0.39, 0.29) is 12.5 Å². The van der Waals surface area contributed by atoms with E-state index in [4.69, 9.17) is 11.6 Å². The van der Waals surface area contributed by atoms with Crippen LogP contribution in [0.4, 0.5) is 5.69 Å². The summed E-state index contributed by atoms with van der Waals surface area (Å²) in [6, 6.07) is 7.27. The van der Waals surface area contributed by atoms with E-state index in [0.29, 0.717) is 11.0 Å². The molecule has 0 atom stereocenters. The van der Waals surface area contributed by atoms with Gasteiger partial charge in [-0.25, -0.2) is 4.99 Å². The fourth-order valence-corrected chi connectivity index (χ4v) is 1.31. The zero-order chi connectivity index (χ0) is 9.97. The summed E-state index contributed by atoms with van der Waals surface area (Å²) < 4.78 is 0. The largest absolute Gasteiger partial charge is 0.325 e. The van der Waals surface area contributed by atoms with E-state index in [0.717, 1.165) is 5.69 Å². The first kappa shape index (κ1) is 9.02. The summed E-state index contributed by atoms with van der Waals surface area (Å²) in [5, 5.41) is 6.09. The Kier molecular flexibility index (Phi) is 2.37. The predicted molar refractivity (Wildman–Crippen MR) is 55.5 cm³/mol. The van der Waals surface area contributed by atoms with Gasteiger partial charge >= 0.3 is 0 Å². The molecule has 2 rings (SSSR count). The minimum absolute atomic E-state index is 0.112. The van der Waals surface area contributed by atoms with Crippen molar-refractivity contribution in [3.8, 4) is 0 Å². The lowest BCUT2D eigenvalue weighted by atomic mass is 10.3. The summed E-state index contributed by atoms with van der Waals surface area (Å²) in [5.41, 5.74) is 0.732. The number of hydrogen-bond acceptors (Lipinski definition) is 3. The maximum atomic E-state index is 10.8. The van der Waals surface area contributed by atoms with Crippen LogP contribution in [0.25, 0.3) is 0 Å². The lowest BCUT2D eigenvalue weighted by Gasteiger charge is -2.06. The molecular weight excluding hydrogens is 202 g/mol. The second kappa shape index (κ2) is 3.67. The molecule has 0 radical (unpaired) electrons. The monoisotopic (exact) mass is 209 g/mol. The van der Waals surface area contributed by atoms with Gasteiger partial charge in [-0.2, -0.15) is 0 Å². The van der Waals surface area contributed by atoms with Crippen LogP contribution in [0.3, 0.4) is 0 Å². The van der Waals surface area contributed by atoms with Gasteiger partial charge in [-0.15, -0.1) is 0 Å². The van der Waals surface area contributed by atoms with Crippen LogP contribution in [0.2, 0.25) is 5.02 Å². The highest BCUT2D eigenvalue weighted by atomic mass is 35.5. The van der Waals surface area contributed by atoms with Crippen LogP contribution in [0.5, 0.6) is 0 Å². The van der Waals surface area contributed by atoms with E-state index in [9.17, 15) is 4.79 Å². The first-order valence-corrected chi connectivity index (χ1v) is 4.49. The van der Waals surface area contributed by atoms with E-state index in [1.54, 1.807) is 6.07 Å². The molecule has 0 saturated carbocycles. The van der Waals surface area contributed by atoms with Crippen molar-refractivity contribution in [3.63, 3.8) is 0 Å². The average Bonchev–Trinajstić information content (AvgIpc) is 2.56. The lowest BCUT2D eigenvalue weighted by molar-refractivity contribution is -0.117. The number of nitrogens with zero attached hydrogens (tertiary/aromatic N) is 1. The highest BCUT2D eigenvalue weighted by Gasteiger charge is 2.13. The van der Waals surface area contributed by atoms with Crippen LogP contribution >= 0.6 is 11.6 Å². The number of guanidine groups is 1. The van der Waals surface area contributed by atoms with Crippen molar-refractivity contribution >= 4 is 29.2 Å². The van der Waals surface area contributed by atoms with Crippen LogP contribution in [0, 0.1) is 0 Å². The predicted octanol–water partition coefficient (Wildman–Crippen LogP) is 1.24. The molecule has 0 aliphatic carbocycles. The number of nitrogens with one attached hydrogen (secondary N) is 2. The fourth-order valence-electron chi connectivity index (χ4n) is 1.12. The van der Waals surface area contributed by atoms with Crippen LogP contribution in [-0.4, -0.2) is 18.4 Å². The molecule has 1 aliphatic rings. The molecule has 1 amide bonds. The Morgan fingerprint density at radius 2 is 2.21 bits per heavy atom. The highest BCUT2D eigenvalue weighted by molar-refractivity contribution is 6.33. The Morgan fingerprint density at radius 3 is 2.86 bits per heavy atom. The van der Waals surface area contributed by atoms with Gasteiger partial charge in [-0.1, -0.05) is 23.7 Å². The van der Waals surface area contributed by atoms with Gasteiger partial charge in [-0.05, 0) is 12.1 Å². The standard InChI is InChI=1S/C9H8ClN3O/c10-6-3-1-2-4-7(6)12-9-11-5-8(14)13-9/h1-4H,5H2,(H2,11,12,13,14). The van der Waals surface area contributed by atoms with Crippen molar-refractivity contribution in [3.05, 3.63) is 29.3 Å². The third-order valence-corrected chi connectivity index (χ3v) is 2.10.